The van der Waals surface area contributed by atoms with E-state index in [0.717, 1.165) is 48.8 Å². The van der Waals surface area contributed by atoms with Crippen molar-refractivity contribution in [2.24, 2.45) is 11.7 Å². The molecule has 0 spiro atoms. The summed E-state index contributed by atoms with van der Waals surface area (Å²) in [6.07, 6.45) is 8.82. The highest BCUT2D eigenvalue weighted by atomic mass is 16.5. The van der Waals surface area contributed by atoms with Crippen LogP contribution in [0.5, 0.6) is 0 Å². The molecule has 1 saturated heterocycles. The highest BCUT2D eigenvalue weighted by Crippen LogP contribution is 2.42. The van der Waals surface area contributed by atoms with Crippen LogP contribution in [-0.2, 0) is 16.0 Å². The molecule has 1 aromatic carbocycles. The highest BCUT2D eigenvalue weighted by Gasteiger charge is 2.30. The lowest BCUT2D eigenvalue weighted by Crippen LogP contribution is -2.50. The van der Waals surface area contributed by atoms with Crippen LogP contribution in [0.25, 0.3) is 5.57 Å². The summed E-state index contributed by atoms with van der Waals surface area (Å²) >= 11 is 0. The Morgan fingerprint density at radius 2 is 1.85 bits per heavy atom. The van der Waals surface area contributed by atoms with Crippen LogP contribution in [0.2, 0.25) is 0 Å². The predicted molar refractivity (Wildman–Crippen MR) is 134 cm³/mol. The molecule has 1 saturated carbocycles. The van der Waals surface area contributed by atoms with E-state index in [1.165, 1.54) is 36.8 Å². The van der Waals surface area contributed by atoms with E-state index in [1.54, 1.807) is 7.11 Å². The fourth-order valence-electron chi connectivity index (χ4n) is 5.47. The van der Waals surface area contributed by atoms with Gasteiger partial charge >= 0.3 is 0 Å². The first-order chi connectivity index (χ1) is 16.7. The number of allylic oxidation sites excluding steroid dienone is 2. The Morgan fingerprint density at radius 3 is 2.53 bits per heavy atom. The molecule has 2 aromatic rings. The normalized spacial score (nSPS) is 18.8. The molecule has 2 aliphatic carbocycles. The summed E-state index contributed by atoms with van der Waals surface area (Å²) in [5.74, 6) is 2.28. The van der Waals surface area contributed by atoms with Gasteiger partial charge < -0.3 is 25.6 Å². The number of carbonyl (C=O) groups excluding carboxylic acids is 1. The molecule has 3 N–H and O–H groups in total. The molecule has 0 bridgehead atoms. The summed E-state index contributed by atoms with van der Waals surface area (Å²) in [5.41, 5.74) is 11.2. The second kappa shape index (κ2) is 10.0. The topological polar surface area (TPSA) is 96.6 Å². The fourth-order valence-corrected chi connectivity index (χ4v) is 5.47. The molecular formula is C26H34N6O2. The van der Waals surface area contributed by atoms with Crippen LogP contribution in [0, 0.1) is 5.92 Å². The number of benzene rings is 1. The minimum Gasteiger partial charge on any atom is -0.501 e. The maximum absolute atomic E-state index is 11.8. The van der Waals surface area contributed by atoms with Crippen LogP contribution >= 0.6 is 0 Å². The molecule has 5 rings (SSSR count). The van der Waals surface area contributed by atoms with Gasteiger partial charge in [-0.3, -0.25) is 4.79 Å². The van der Waals surface area contributed by atoms with E-state index in [2.05, 4.69) is 39.5 Å². The quantitative estimate of drug-likeness (QED) is 0.680. The van der Waals surface area contributed by atoms with Crippen molar-refractivity contribution in [3.05, 3.63) is 47.5 Å². The first-order valence-corrected chi connectivity index (χ1v) is 12.4. The second-order valence-corrected chi connectivity index (χ2v) is 9.33. The van der Waals surface area contributed by atoms with Gasteiger partial charge in [-0.05, 0) is 55.0 Å². The van der Waals surface area contributed by atoms with Gasteiger partial charge in [-0.1, -0.05) is 12.8 Å². The Hall–Kier alpha value is -3.13. The number of aryl methyl sites for hydroxylation is 1. The number of nitrogens with one attached hydrogen (secondary N) is 1. The number of fused-ring (bicyclic) bond motifs is 1. The first kappa shape index (κ1) is 22.7. The van der Waals surface area contributed by atoms with E-state index in [0.29, 0.717) is 25.0 Å². The summed E-state index contributed by atoms with van der Waals surface area (Å²) < 4.78 is 5.79. The van der Waals surface area contributed by atoms with Crippen LogP contribution in [0.15, 0.2) is 36.2 Å². The van der Waals surface area contributed by atoms with Crippen molar-refractivity contribution in [2.45, 2.75) is 38.5 Å². The van der Waals surface area contributed by atoms with E-state index >= 15 is 0 Å². The van der Waals surface area contributed by atoms with Gasteiger partial charge in [0.05, 0.1) is 19.3 Å². The lowest BCUT2D eigenvalue weighted by atomic mass is 9.85. The zero-order valence-electron chi connectivity index (χ0n) is 19.9. The Kier molecular flexibility index (Phi) is 6.67. The van der Waals surface area contributed by atoms with E-state index in [1.807, 2.05) is 11.1 Å². The van der Waals surface area contributed by atoms with Crippen LogP contribution in [-0.4, -0.2) is 60.6 Å². The lowest BCUT2D eigenvalue weighted by Gasteiger charge is -2.36. The number of ether oxygens (including phenoxy) is 1. The van der Waals surface area contributed by atoms with E-state index in [-0.39, 0.29) is 12.5 Å². The monoisotopic (exact) mass is 462 g/mol. The molecule has 3 aliphatic rings. The van der Waals surface area contributed by atoms with Crippen molar-refractivity contribution < 1.29 is 9.53 Å². The Morgan fingerprint density at radius 1 is 1.12 bits per heavy atom. The molecular weight excluding hydrogens is 428 g/mol. The van der Waals surface area contributed by atoms with Gasteiger partial charge in [0, 0.05) is 55.7 Å². The third-order valence-corrected chi connectivity index (χ3v) is 7.35. The highest BCUT2D eigenvalue weighted by molar-refractivity contribution is 5.78. The standard InChI is InChI=1S/C26H34N6O2/c1-34-22-11-6-19-17-28-26(30-25(19)24(22)18-4-2-3-5-18)29-20-7-9-21(10-8-20)31-12-14-32(15-13-31)23(33)16-27/h7-10,17-18H,2-6,11-16,27H2,1H3,(H,28,29,30). The van der Waals surface area contributed by atoms with Crippen LogP contribution in [0.4, 0.5) is 17.3 Å². The van der Waals surface area contributed by atoms with Crippen molar-refractivity contribution in [1.29, 1.82) is 0 Å². The van der Waals surface area contributed by atoms with Gasteiger partial charge in [-0.15, -0.1) is 0 Å². The smallest absolute Gasteiger partial charge is 0.236 e. The third kappa shape index (κ3) is 4.59. The molecule has 1 aromatic heterocycles. The number of amides is 1. The summed E-state index contributed by atoms with van der Waals surface area (Å²) in [5, 5.41) is 3.39. The number of rotatable bonds is 6. The molecule has 2 heterocycles. The molecule has 180 valence electrons. The van der Waals surface area contributed by atoms with Crippen molar-refractivity contribution in [3.8, 4) is 0 Å². The van der Waals surface area contributed by atoms with Crippen molar-refractivity contribution >= 4 is 28.8 Å². The minimum absolute atomic E-state index is 0.0211. The number of anilines is 3. The van der Waals surface area contributed by atoms with Crippen LogP contribution in [0.1, 0.15) is 43.4 Å². The SMILES string of the molecule is COC1=C(C2CCCC2)c2nc(Nc3ccc(N4CCN(C(=O)CN)CC4)cc3)ncc2CC1. The maximum Gasteiger partial charge on any atom is 0.236 e. The zero-order chi connectivity index (χ0) is 23.5. The average molecular weight is 463 g/mol. The molecule has 0 unspecified atom stereocenters. The molecule has 0 radical (unpaired) electrons. The van der Waals surface area contributed by atoms with Crippen LogP contribution in [0.3, 0.4) is 0 Å². The fraction of sp³-hybridized carbons (Fsp3) is 0.500. The Labute approximate surface area is 201 Å². The predicted octanol–water partition coefficient (Wildman–Crippen LogP) is 3.32. The molecule has 1 amide bonds. The van der Waals surface area contributed by atoms with Gasteiger partial charge in [-0.25, -0.2) is 9.97 Å². The Balaban J connectivity index is 1.29. The van der Waals surface area contributed by atoms with E-state index < -0.39 is 0 Å². The molecule has 8 heteroatoms. The number of piperazine rings is 1. The minimum atomic E-state index is 0.0211. The van der Waals surface area contributed by atoms with E-state index in [4.69, 9.17) is 15.5 Å². The van der Waals surface area contributed by atoms with Gasteiger partial charge in [0.2, 0.25) is 11.9 Å². The van der Waals surface area contributed by atoms with Gasteiger partial charge in [-0.2, -0.15) is 0 Å². The van der Waals surface area contributed by atoms with Crippen LogP contribution < -0.4 is 16.0 Å². The first-order valence-electron chi connectivity index (χ1n) is 12.4. The molecule has 2 fully saturated rings. The number of nitrogens with two attached hydrogens (primary N) is 1. The third-order valence-electron chi connectivity index (χ3n) is 7.35. The number of carbonyl (C=O) groups is 1. The van der Waals surface area contributed by atoms with Gasteiger partial charge in [0.1, 0.15) is 5.76 Å². The zero-order valence-corrected chi connectivity index (χ0v) is 19.9. The molecule has 0 atom stereocenters. The van der Waals surface area contributed by atoms with E-state index in [9.17, 15) is 4.79 Å². The number of hydrogen-bond donors (Lipinski definition) is 2. The van der Waals surface area contributed by atoms with Crippen molar-refractivity contribution in [3.63, 3.8) is 0 Å². The summed E-state index contributed by atoms with van der Waals surface area (Å²) in [7, 11) is 1.78. The van der Waals surface area contributed by atoms with Gasteiger partial charge in [0.15, 0.2) is 0 Å². The second-order valence-electron chi connectivity index (χ2n) is 9.33. The summed E-state index contributed by atoms with van der Waals surface area (Å²) in [6.45, 7) is 3.11. The summed E-state index contributed by atoms with van der Waals surface area (Å²) in [4.78, 5) is 25.5. The number of nitrogens with zero attached hydrogens (tertiary/aromatic N) is 4. The Bertz CT molecular complexity index is 1050. The lowest BCUT2D eigenvalue weighted by molar-refractivity contribution is -0.129. The molecule has 1 aliphatic heterocycles. The number of aromatic nitrogens is 2. The molecule has 34 heavy (non-hydrogen) atoms. The average Bonchev–Trinajstić information content (AvgIpc) is 3.42. The largest absolute Gasteiger partial charge is 0.501 e. The summed E-state index contributed by atoms with van der Waals surface area (Å²) in [6, 6.07) is 8.33. The number of hydrogen-bond acceptors (Lipinski definition) is 7. The molecule has 8 nitrogen and oxygen atoms in total. The van der Waals surface area contributed by atoms with Gasteiger partial charge in [0.25, 0.3) is 0 Å². The number of methoxy groups -OCH3 is 1. The van der Waals surface area contributed by atoms with Crippen molar-refractivity contribution in [2.75, 3.05) is 50.1 Å². The van der Waals surface area contributed by atoms with Crippen molar-refractivity contribution in [1.82, 2.24) is 14.9 Å². The maximum atomic E-state index is 11.8.